The van der Waals surface area contributed by atoms with Crippen LogP contribution in [0, 0.1) is 29.5 Å². The molecule has 0 unspecified atom stereocenters. The molecule has 1 aliphatic heterocycles. The van der Waals surface area contributed by atoms with Crippen molar-refractivity contribution in [1.29, 1.82) is 5.41 Å². The summed E-state index contributed by atoms with van der Waals surface area (Å²) in [7, 11) is 2.69. The van der Waals surface area contributed by atoms with E-state index in [1.165, 1.54) is 38.5 Å². The number of terminal acetylenes is 1. The first-order valence-electron chi connectivity index (χ1n) is 12.9. The van der Waals surface area contributed by atoms with Gasteiger partial charge in [0.05, 0.1) is 37.0 Å². The maximum atomic E-state index is 15.2. The summed E-state index contributed by atoms with van der Waals surface area (Å²) in [5.74, 6) is -0.127. The molecule has 0 aromatic heterocycles. The average Bonchev–Trinajstić information content (AvgIpc) is 3.01. The fourth-order valence-electron chi connectivity index (χ4n) is 4.61. The van der Waals surface area contributed by atoms with Crippen molar-refractivity contribution >= 4 is 46.6 Å². The average molecular weight is 591 g/mol. The summed E-state index contributed by atoms with van der Waals surface area (Å²) in [5, 5.41) is 14.0. The Bertz CT molecular complexity index is 1580. The molecule has 0 bridgehead atoms. The monoisotopic (exact) mass is 590 g/mol. The molecule has 0 spiro atoms. The van der Waals surface area contributed by atoms with Crippen molar-refractivity contribution in [3.05, 3.63) is 87.7 Å². The van der Waals surface area contributed by atoms with E-state index in [1.54, 1.807) is 29.2 Å². The minimum Gasteiger partial charge on any atom is -0.494 e. The van der Waals surface area contributed by atoms with Crippen molar-refractivity contribution in [2.75, 3.05) is 37.9 Å². The number of hydrogen-bond acceptors (Lipinski definition) is 6. The zero-order chi connectivity index (χ0) is 30.4. The van der Waals surface area contributed by atoms with Crippen LogP contribution < -0.4 is 15.4 Å². The molecule has 216 valence electrons. The molecule has 1 fully saturated rings. The van der Waals surface area contributed by atoms with Crippen molar-refractivity contribution < 1.29 is 28.2 Å². The van der Waals surface area contributed by atoms with Crippen LogP contribution in [0.25, 0.3) is 0 Å². The second-order valence-electron chi connectivity index (χ2n) is 9.49. The molecule has 11 heteroatoms. The van der Waals surface area contributed by atoms with Gasteiger partial charge in [-0.3, -0.25) is 19.8 Å². The van der Waals surface area contributed by atoms with Gasteiger partial charge in [0, 0.05) is 41.0 Å². The lowest BCUT2D eigenvalue weighted by Gasteiger charge is -2.32. The van der Waals surface area contributed by atoms with E-state index in [2.05, 4.69) is 16.6 Å². The van der Waals surface area contributed by atoms with Crippen LogP contribution >= 0.6 is 11.6 Å². The number of halogens is 2. The van der Waals surface area contributed by atoms with Crippen LogP contribution in [0.4, 0.5) is 15.8 Å². The van der Waals surface area contributed by atoms with Crippen LogP contribution in [0.3, 0.4) is 0 Å². The van der Waals surface area contributed by atoms with Crippen LogP contribution in [0.1, 0.15) is 44.7 Å². The molecule has 0 radical (unpaired) electrons. The fraction of sp³-hybridized carbons (Fsp3) is 0.226. The third-order valence-corrected chi connectivity index (χ3v) is 7.13. The quantitative estimate of drug-likeness (QED) is 0.151. The van der Waals surface area contributed by atoms with Gasteiger partial charge in [-0.2, -0.15) is 0 Å². The second-order valence-corrected chi connectivity index (χ2v) is 9.92. The van der Waals surface area contributed by atoms with Gasteiger partial charge in [-0.25, -0.2) is 4.39 Å². The lowest BCUT2D eigenvalue weighted by molar-refractivity contribution is -0.146. The van der Waals surface area contributed by atoms with E-state index >= 15 is 4.39 Å². The number of likely N-dealkylation sites (tertiary alicyclic amines) is 1. The molecule has 1 saturated heterocycles. The van der Waals surface area contributed by atoms with Crippen LogP contribution in [-0.2, 0) is 9.53 Å². The van der Waals surface area contributed by atoms with Gasteiger partial charge in [-0.1, -0.05) is 23.6 Å². The predicted molar refractivity (Wildman–Crippen MR) is 158 cm³/mol. The van der Waals surface area contributed by atoms with Crippen molar-refractivity contribution in [2.45, 2.75) is 12.8 Å². The Hall–Kier alpha value is -4.88. The van der Waals surface area contributed by atoms with Gasteiger partial charge in [-0.05, 0) is 55.3 Å². The number of ether oxygens (including phenoxy) is 2. The summed E-state index contributed by atoms with van der Waals surface area (Å²) >= 11 is 6.21. The number of amidine groups is 1. The topological polar surface area (TPSA) is 121 Å². The van der Waals surface area contributed by atoms with E-state index < -0.39 is 17.6 Å². The third-order valence-electron chi connectivity index (χ3n) is 6.91. The molecule has 1 heterocycles. The van der Waals surface area contributed by atoms with E-state index in [4.69, 9.17) is 32.9 Å². The summed E-state index contributed by atoms with van der Waals surface area (Å²) in [6.45, 7) is 0.884. The van der Waals surface area contributed by atoms with Crippen molar-refractivity contribution in [2.24, 2.45) is 5.92 Å². The second kappa shape index (κ2) is 13.2. The van der Waals surface area contributed by atoms with Gasteiger partial charge in [0.25, 0.3) is 11.8 Å². The van der Waals surface area contributed by atoms with Crippen LogP contribution in [0.5, 0.6) is 5.75 Å². The largest absolute Gasteiger partial charge is 0.494 e. The highest BCUT2D eigenvalue weighted by atomic mass is 35.5. The number of rotatable bonds is 7. The van der Waals surface area contributed by atoms with Crippen LogP contribution in [0.2, 0.25) is 5.02 Å². The lowest BCUT2D eigenvalue weighted by Crippen LogP contribution is -2.40. The van der Waals surface area contributed by atoms with Crippen molar-refractivity contribution in [1.82, 2.24) is 4.90 Å². The molecule has 3 aromatic carbocycles. The van der Waals surface area contributed by atoms with Gasteiger partial charge in [0.2, 0.25) is 0 Å². The zero-order valence-electron chi connectivity index (χ0n) is 22.9. The molecule has 0 aliphatic carbocycles. The smallest absolute Gasteiger partial charge is 0.308 e. The molecule has 0 saturated carbocycles. The summed E-state index contributed by atoms with van der Waals surface area (Å²) in [6.07, 6.45) is 6.42. The Labute approximate surface area is 247 Å². The molecule has 3 N–H and O–H groups in total. The van der Waals surface area contributed by atoms with Crippen LogP contribution in [0.15, 0.2) is 54.6 Å². The Balaban J connectivity index is 1.53. The van der Waals surface area contributed by atoms with E-state index in [9.17, 15) is 14.4 Å². The highest BCUT2D eigenvalue weighted by Gasteiger charge is 2.28. The summed E-state index contributed by atoms with van der Waals surface area (Å²) in [5.41, 5.74) is 1.05. The van der Waals surface area contributed by atoms with E-state index in [-0.39, 0.29) is 50.9 Å². The standard InChI is InChI=1S/C31H28ClFN4O5/c1-4-18-5-8-22(9-6-18)35-30(39)24-16-21(32)17-26(41-2)27(24)36-29(38)23-10-7-20(15-25(23)33)28(34)37-13-11-19(12-14-37)31(40)42-3/h1,5-10,15-17,19,34H,11-14H2,2-3H3,(H,35,39)(H,36,38). The number of nitrogens with zero attached hydrogens (tertiary/aromatic N) is 1. The number of esters is 1. The molecule has 2 amide bonds. The molecular weight excluding hydrogens is 563 g/mol. The molecule has 4 rings (SSSR count). The van der Waals surface area contributed by atoms with Gasteiger partial charge in [0.15, 0.2) is 0 Å². The van der Waals surface area contributed by atoms with Crippen LogP contribution in [-0.4, -0.2) is 55.8 Å². The zero-order valence-corrected chi connectivity index (χ0v) is 23.7. The summed E-state index contributed by atoms with van der Waals surface area (Å²) in [4.78, 5) is 39.9. The number of amides is 2. The van der Waals surface area contributed by atoms with Crippen molar-refractivity contribution in [3.63, 3.8) is 0 Å². The maximum absolute atomic E-state index is 15.2. The molecule has 42 heavy (non-hydrogen) atoms. The number of carbonyl (C=O) groups excluding carboxylic acids is 3. The van der Waals surface area contributed by atoms with Gasteiger partial charge in [0.1, 0.15) is 17.4 Å². The minimum atomic E-state index is -0.855. The third kappa shape index (κ3) is 6.70. The number of carbonyl (C=O) groups is 3. The first-order valence-corrected chi connectivity index (χ1v) is 13.3. The summed E-state index contributed by atoms with van der Waals surface area (Å²) < 4.78 is 25.4. The molecule has 9 nitrogen and oxygen atoms in total. The Morgan fingerprint density at radius 1 is 1.00 bits per heavy atom. The number of nitrogens with one attached hydrogen (secondary N) is 3. The molecule has 1 aliphatic rings. The highest BCUT2D eigenvalue weighted by molar-refractivity contribution is 6.31. The molecule has 0 atom stereocenters. The first-order chi connectivity index (χ1) is 20.1. The molecular formula is C31H28ClFN4O5. The van der Waals surface area contributed by atoms with E-state index in [1.807, 2.05) is 0 Å². The fourth-order valence-corrected chi connectivity index (χ4v) is 4.82. The SMILES string of the molecule is C#Cc1ccc(NC(=O)c2cc(Cl)cc(OC)c2NC(=O)c2ccc(C(=N)N3CCC(C(=O)OC)CC3)cc2F)cc1. The van der Waals surface area contributed by atoms with Gasteiger partial charge in [-0.15, -0.1) is 6.42 Å². The lowest BCUT2D eigenvalue weighted by atomic mass is 9.96. The van der Waals surface area contributed by atoms with Crippen molar-refractivity contribution in [3.8, 4) is 18.1 Å². The first kappa shape index (κ1) is 30.1. The number of anilines is 2. The summed E-state index contributed by atoms with van der Waals surface area (Å²) in [6, 6.07) is 13.2. The number of benzene rings is 3. The van der Waals surface area contributed by atoms with Gasteiger partial charge < -0.3 is 25.0 Å². The predicted octanol–water partition coefficient (Wildman–Crippen LogP) is 5.18. The minimum absolute atomic E-state index is 0.00524. The normalized spacial score (nSPS) is 13.1. The van der Waals surface area contributed by atoms with E-state index in [0.717, 1.165) is 6.07 Å². The molecule has 3 aromatic rings. The van der Waals surface area contributed by atoms with Gasteiger partial charge >= 0.3 is 5.97 Å². The Kier molecular flexibility index (Phi) is 9.45. The number of piperidine rings is 1. The Morgan fingerprint density at radius 2 is 1.67 bits per heavy atom. The Morgan fingerprint density at radius 3 is 2.26 bits per heavy atom. The number of methoxy groups -OCH3 is 2. The highest BCUT2D eigenvalue weighted by Crippen LogP contribution is 2.34. The van der Waals surface area contributed by atoms with E-state index in [0.29, 0.717) is 37.2 Å². The number of hydrogen-bond donors (Lipinski definition) is 3. The maximum Gasteiger partial charge on any atom is 0.308 e.